The van der Waals surface area contributed by atoms with Crippen LogP contribution >= 0.6 is 0 Å². The zero-order chi connectivity index (χ0) is 20.2. The predicted octanol–water partition coefficient (Wildman–Crippen LogP) is 6.36. The van der Waals surface area contributed by atoms with Gasteiger partial charge in [0, 0.05) is 5.56 Å². The Bertz CT molecular complexity index is 794. The van der Waals surface area contributed by atoms with Crippen LogP contribution in [0.5, 0.6) is 5.75 Å². The molecular weight excluding hydrogens is 336 g/mol. The van der Waals surface area contributed by atoms with Gasteiger partial charge in [-0.15, -0.1) is 0 Å². The molecule has 0 aliphatic heterocycles. The summed E-state index contributed by atoms with van der Waals surface area (Å²) in [4.78, 5) is 12.0. The van der Waals surface area contributed by atoms with Crippen molar-refractivity contribution in [2.75, 3.05) is 13.7 Å². The molecule has 27 heavy (non-hydrogen) atoms. The summed E-state index contributed by atoms with van der Waals surface area (Å²) in [6.07, 6.45) is 5.38. The molecule has 0 spiro atoms. The van der Waals surface area contributed by atoms with Gasteiger partial charge in [0.05, 0.1) is 19.3 Å². The number of allylic oxidation sites excluding steroid dienone is 5. The number of esters is 1. The van der Waals surface area contributed by atoms with Gasteiger partial charge in [-0.05, 0) is 80.4 Å². The van der Waals surface area contributed by atoms with Crippen LogP contribution in [0.4, 0.5) is 0 Å². The van der Waals surface area contributed by atoms with Crippen molar-refractivity contribution in [3.8, 4) is 5.75 Å². The Balaban J connectivity index is 2.76. The molecule has 0 amide bonds. The fraction of sp³-hybridized carbons (Fsp3) is 0.458. The van der Waals surface area contributed by atoms with Gasteiger partial charge in [-0.2, -0.15) is 0 Å². The Kier molecular flexibility index (Phi) is 6.69. The molecular formula is C24H32O3. The molecule has 1 aliphatic rings. The van der Waals surface area contributed by atoms with Crippen LogP contribution in [0.3, 0.4) is 0 Å². The second-order valence-corrected chi connectivity index (χ2v) is 7.79. The monoisotopic (exact) mass is 368 g/mol. The fourth-order valence-electron chi connectivity index (χ4n) is 4.07. The van der Waals surface area contributed by atoms with Crippen LogP contribution in [-0.4, -0.2) is 19.7 Å². The van der Waals surface area contributed by atoms with E-state index >= 15 is 0 Å². The molecule has 0 unspecified atom stereocenters. The molecule has 3 heteroatoms. The maximum Gasteiger partial charge on any atom is 0.337 e. The highest BCUT2D eigenvalue weighted by Gasteiger charge is 2.33. The lowest BCUT2D eigenvalue weighted by Crippen LogP contribution is -2.22. The normalized spacial score (nSPS) is 17.3. The van der Waals surface area contributed by atoms with Crippen LogP contribution in [0, 0.1) is 5.41 Å². The second-order valence-electron chi connectivity index (χ2n) is 7.79. The van der Waals surface area contributed by atoms with Crippen molar-refractivity contribution >= 4 is 11.5 Å². The molecule has 0 aromatic heterocycles. The molecule has 0 N–H and O–H groups in total. The van der Waals surface area contributed by atoms with Gasteiger partial charge in [-0.3, -0.25) is 0 Å². The van der Waals surface area contributed by atoms with Crippen LogP contribution in [0.1, 0.15) is 69.8 Å². The first-order chi connectivity index (χ1) is 12.8. The molecule has 3 nitrogen and oxygen atoms in total. The van der Waals surface area contributed by atoms with E-state index in [1.165, 1.54) is 30.2 Å². The standard InChI is InChI=1S/C24H32O3/c1-8-16(3)21(22-17(4)11-10-14-24(22,5)6)19-13-12-18(23(25)26-7)15-20(19)27-9-2/h8,12-13,15H,1,9-11,14H2,2-7H3. The third-order valence-electron chi connectivity index (χ3n) is 5.38. The predicted molar refractivity (Wildman–Crippen MR) is 112 cm³/mol. The number of hydrogen-bond acceptors (Lipinski definition) is 3. The number of rotatable bonds is 6. The van der Waals surface area contributed by atoms with Crippen molar-refractivity contribution in [2.45, 2.75) is 53.9 Å². The zero-order valence-corrected chi connectivity index (χ0v) is 17.6. The van der Waals surface area contributed by atoms with Crippen molar-refractivity contribution in [3.05, 3.63) is 58.7 Å². The third kappa shape index (κ3) is 4.35. The van der Waals surface area contributed by atoms with Crippen molar-refractivity contribution < 1.29 is 14.3 Å². The largest absolute Gasteiger partial charge is 0.493 e. The van der Waals surface area contributed by atoms with E-state index in [1.54, 1.807) is 6.07 Å². The maximum atomic E-state index is 12.0. The van der Waals surface area contributed by atoms with Gasteiger partial charge in [0.15, 0.2) is 0 Å². The molecule has 146 valence electrons. The molecule has 0 atom stereocenters. The number of methoxy groups -OCH3 is 1. The summed E-state index contributed by atoms with van der Waals surface area (Å²) in [6, 6.07) is 5.57. The second kappa shape index (κ2) is 8.60. The Labute approximate surface area is 163 Å². The Hall–Kier alpha value is -2.29. The molecule has 0 fully saturated rings. The summed E-state index contributed by atoms with van der Waals surface area (Å²) in [5.74, 6) is 0.347. The zero-order valence-electron chi connectivity index (χ0n) is 17.6. The minimum absolute atomic E-state index is 0.0758. The van der Waals surface area contributed by atoms with Gasteiger partial charge in [-0.1, -0.05) is 32.1 Å². The molecule has 0 bridgehead atoms. The average molecular weight is 369 g/mol. The van der Waals surface area contributed by atoms with E-state index < -0.39 is 0 Å². The van der Waals surface area contributed by atoms with Crippen LogP contribution in [0.15, 0.2) is 47.6 Å². The summed E-state index contributed by atoms with van der Waals surface area (Å²) >= 11 is 0. The minimum atomic E-state index is -0.359. The van der Waals surface area contributed by atoms with E-state index in [9.17, 15) is 4.79 Å². The van der Waals surface area contributed by atoms with Crippen LogP contribution in [0.25, 0.3) is 5.57 Å². The van der Waals surface area contributed by atoms with Crippen molar-refractivity contribution in [1.29, 1.82) is 0 Å². The molecule has 1 aliphatic carbocycles. The van der Waals surface area contributed by atoms with E-state index in [4.69, 9.17) is 9.47 Å². The van der Waals surface area contributed by atoms with Gasteiger partial charge in [-0.25, -0.2) is 4.79 Å². The van der Waals surface area contributed by atoms with E-state index in [-0.39, 0.29) is 11.4 Å². The van der Waals surface area contributed by atoms with Gasteiger partial charge < -0.3 is 9.47 Å². The quantitative estimate of drug-likeness (QED) is 0.433. The number of ether oxygens (including phenoxy) is 2. The third-order valence-corrected chi connectivity index (χ3v) is 5.38. The van der Waals surface area contributed by atoms with E-state index in [0.29, 0.717) is 17.9 Å². The number of carbonyl (C=O) groups is 1. The van der Waals surface area contributed by atoms with Gasteiger partial charge >= 0.3 is 5.97 Å². The summed E-state index contributed by atoms with van der Waals surface area (Å²) in [5.41, 5.74) is 6.66. The number of hydrogen-bond donors (Lipinski definition) is 0. The first-order valence-electron chi connectivity index (χ1n) is 9.66. The maximum absolute atomic E-state index is 12.0. The Morgan fingerprint density at radius 3 is 2.59 bits per heavy atom. The number of benzene rings is 1. The summed E-state index contributed by atoms with van der Waals surface area (Å²) in [7, 11) is 1.39. The highest BCUT2D eigenvalue weighted by atomic mass is 16.5. The molecule has 2 rings (SSSR count). The van der Waals surface area contributed by atoms with Gasteiger partial charge in [0.2, 0.25) is 0 Å². The molecule has 1 aromatic rings. The smallest absolute Gasteiger partial charge is 0.337 e. The fourth-order valence-corrected chi connectivity index (χ4v) is 4.07. The Morgan fingerprint density at radius 2 is 2.04 bits per heavy atom. The SMILES string of the molecule is C=CC(C)=C(C1=C(C)CCCC1(C)C)c1ccc(C(=O)OC)cc1OCC. The molecule has 0 radical (unpaired) electrons. The lowest BCUT2D eigenvalue weighted by Gasteiger charge is -2.37. The van der Waals surface area contributed by atoms with Crippen LogP contribution in [0.2, 0.25) is 0 Å². The lowest BCUT2D eigenvalue weighted by atomic mass is 9.68. The van der Waals surface area contributed by atoms with E-state index in [1.807, 2.05) is 25.1 Å². The van der Waals surface area contributed by atoms with Crippen molar-refractivity contribution in [1.82, 2.24) is 0 Å². The topological polar surface area (TPSA) is 35.5 Å². The lowest BCUT2D eigenvalue weighted by molar-refractivity contribution is 0.0600. The van der Waals surface area contributed by atoms with Crippen molar-refractivity contribution in [3.63, 3.8) is 0 Å². The first-order valence-corrected chi connectivity index (χ1v) is 9.66. The highest BCUT2D eigenvalue weighted by Crippen LogP contribution is 2.49. The highest BCUT2D eigenvalue weighted by molar-refractivity contribution is 5.93. The average Bonchev–Trinajstić information content (AvgIpc) is 2.64. The minimum Gasteiger partial charge on any atom is -0.493 e. The molecule has 0 saturated carbocycles. The summed E-state index contributed by atoms with van der Waals surface area (Å²) in [5, 5.41) is 0. The molecule has 1 aromatic carbocycles. The van der Waals surface area contributed by atoms with Crippen LogP contribution < -0.4 is 4.74 Å². The summed E-state index contributed by atoms with van der Waals surface area (Å²) in [6.45, 7) is 15.4. The summed E-state index contributed by atoms with van der Waals surface area (Å²) < 4.78 is 10.8. The Morgan fingerprint density at radius 1 is 1.33 bits per heavy atom. The first kappa shape index (κ1) is 21.0. The number of carbonyl (C=O) groups excluding carboxylic acids is 1. The molecule has 0 heterocycles. The van der Waals surface area contributed by atoms with Gasteiger partial charge in [0.1, 0.15) is 5.75 Å². The van der Waals surface area contributed by atoms with Gasteiger partial charge in [0.25, 0.3) is 0 Å². The van der Waals surface area contributed by atoms with E-state index in [2.05, 4.69) is 34.3 Å². The van der Waals surface area contributed by atoms with Crippen molar-refractivity contribution in [2.24, 2.45) is 5.41 Å². The molecule has 0 saturated heterocycles. The van der Waals surface area contributed by atoms with Crippen LogP contribution in [-0.2, 0) is 4.74 Å². The van der Waals surface area contributed by atoms with E-state index in [0.717, 1.165) is 24.0 Å².